The van der Waals surface area contributed by atoms with Crippen molar-refractivity contribution in [1.29, 1.82) is 0 Å². The van der Waals surface area contributed by atoms with E-state index in [9.17, 15) is 4.79 Å². The van der Waals surface area contributed by atoms with Gasteiger partial charge in [-0.15, -0.1) is 0 Å². The Labute approximate surface area is 79.6 Å². The van der Waals surface area contributed by atoms with Crippen molar-refractivity contribution < 1.29 is 0 Å². The first kappa shape index (κ1) is 7.38. The van der Waals surface area contributed by atoms with E-state index in [1.807, 2.05) is 36.4 Å². The monoisotopic (exact) mass is 184 g/mol. The lowest BCUT2D eigenvalue weighted by Gasteiger charge is -1.99. The van der Waals surface area contributed by atoms with Crippen molar-refractivity contribution in [3.63, 3.8) is 0 Å². The molecule has 2 aromatic heterocycles. The first-order valence-corrected chi connectivity index (χ1v) is 4.44. The average Bonchev–Trinajstić information content (AvgIpc) is 2.66. The summed E-state index contributed by atoms with van der Waals surface area (Å²) in [5, 5.41) is 0.719. The zero-order valence-electron chi connectivity index (χ0n) is 7.40. The summed E-state index contributed by atoms with van der Waals surface area (Å²) < 4.78 is 1.61. The Morgan fingerprint density at radius 1 is 1.07 bits per heavy atom. The number of para-hydroxylation sites is 1. The highest BCUT2D eigenvalue weighted by Gasteiger charge is 2.01. The Bertz CT molecular complexity index is 663. The fourth-order valence-corrected chi connectivity index (χ4v) is 1.71. The summed E-state index contributed by atoms with van der Waals surface area (Å²) in [4.78, 5) is 15.1. The van der Waals surface area contributed by atoms with E-state index in [4.69, 9.17) is 0 Å². The molecule has 1 N–H and O–H groups in total. The smallest absolute Gasteiger partial charge is 0.265 e. The molecule has 0 aliphatic carbocycles. The molecule has 3 rings (SSSR count). The molecular weight excluding hydrogens is 176 g/mol. The second-order valence-electron chi connectivity index (χ2n) is 3.24. The van der Waals surface area contributed by atoms with E-state index >= 15 is 0 Å². The molecule has 1 aromatic carbocycles. The highest BCUT2D eigenvalue weighted by atomic mass is 16.1. The SMILES string of the molecule is O=c1c2ccccc2[nH]c2cccn12. The van der Waals surface area contributed by atoms with Crippen LogP contribution < -0.4 is 5.56 Å². The van der Waals surface area contributed by atoms with Crippen LogP contribution in [0.3, 0.4) is 0 Å². The predicted octanol–water partition coefficient (Wildman–Crippen LogP) is 1.78. The van der Waals surface area contributed by atoms with Gasteiger partial charge in [0.2, 0.25) is 0 Å². The Morgan fingerprint density at radius 2 is 1.93 bits per heavy atom. The van der Waals surface area contributed by atoms with Crippen LogP contribution in [0.15, 0.2) is 47.4 Å². The number of benzene rings is 1. The van der Waals surface area contributed by atoms with Crippen LogP contribution in [-0.4, -0.2) is 9.38 Å². The number of hydrogen-bond donors (Lipinski definition) is 1. The molecule has 0 radical (unpaired) electrons. The minimum Gasteiger partial charge on any atom is -0.341 e. The van der Waals surface area contributed by atoms with E-state index in [1.165, 1.54) is 0 Å². The predicted molar refractivity (Wildman–Crippen MR) is 55.5 cm³/mol. The summed E-state index contributed by atoms with van der Waals surface area (Å²) in [7, 11) is 0. The molecule has 3 aromatic rings. The van der Waals surface area contributed by atoms with Crippen LogP contribution >= 0.6 is 0 Å². The molecule has 3 nitrogen and oxygen atoms in total. The highest BCUT2D eigenvalue weighted by Crippen LogP contribution is 2.08. The largest absolute Gasteiger partial charge is 0.341 e. The number of nitrogens with one attached hydrogen (secondary N) is 1. The van der Waals surface area contributed by atoms with Gasteiger partial charge in [0.05, 0.1) is 10.9 Å². The van der Waals surface area contributed by atoms with Gasteiger partial charge in [-0.3, -0.25) is 9.20 Å². The van der Waals surface area contributed by atoms with Crippen molar-refractivity contribution >= 4 is 16.6 Å². The summed E-state index contributed by atoms with van der Waals surface area (Å²) in [5.74, 6) is 0. The van der Waals surface area contributed by atoms with E-state index in [-0.39, 0.29) is 5.56 Å². The zero-order valence-corrected chi connectivity index (χ0v) is 7.40. The maximum absolute atomic E-state index is 11.9. The molecule has 2 heterocycles. The summed E-state index contributed by atoms with van der Waals surface area (Å²) in [6.45, 7) is 0. The molecule has 0 unspecified atom stereocenters. The van der Waals surface area contributed by atoms with E-state index in [0.717, 1.165) is 16.6 Å². The summed E-state index contributed by atoms with van der Waals surface area (Å²) in [6, 6.07) is 11.3. The maximum Gasteiger partial charge on any atom is 0.265 e. The van der Waals surface area contributed by atoms with Gasteiger partial charge in [-0.25, -0.2) is 0 Å². The van der Waals surface area contributed by atoms with Crippen LogP contribution in [0.25, 0.3) is 16.6 Å². The number of aromatic nitrogens is 2. The third kappa shape index (κ3) is 0.836. The van der Waals surface area contributed by atoms with Gasteiger partial charge < -0.3 is 4.98 Å². The Balaban J connectivity index is 2.70. The topological polar surface area (TPSA) is 37.3 Å². The number of aromatic amines is 1. The molecule has 0 amide bonds. The lowest BCUT2D eigenvalue weighted by atomic mass is 10.2. The van der Waals surface area contributed by atoms with Crippen LogP contribution in [0, 0.1) is 0 Å². The van der Waals surface area contributed by atoms with Crippen LogP contribution in [0.2, 0.25) is 0 Å². The van der Waals surface area contributed by atoms with Crippen LogP contribution in [0.4, 0.5) is 0 Å². The zero-order chi connectivity index (χ0) is 9.54. The third-order valence-electron chi connectivity index (χ3n) is 2.39. The summed E-state index contributed by atoms with van der Waals surface area (Å²) in [5.41, 5.74) is 1.73. The molecule has 0 saturated heterocycles. The van der Waals surface area contributed by atoms with Crippen molar-refractivity contribution in [2.45, 2.75) is 0 Å². The summed E-state index contributed by atoms with van der Waals surface area (Å²) >= 11 is 0. The third-order valence-corrected chi connectivity index (χ3v) is 2.39. The Morgan fingerprint density at radius 3 is 2.86 bits per heavy atom. The van der Waals surface area contributed by atoms with Crippen molar-refractivity contribution in [3.8, 4) is 0 Å². The Hall–Kier alpha value is -2.03. The van der Waals surface area contributed by atoms with E-state index in [1.54, 1.807) is 10.6 Å². The molecule has 0 atom stereocenters. The molecule has 0 aliphatic heterocycles. The molecule has 3 heteroatoms. The molecule has 14 heavy (non-hydrogen) atoms. The van der Waals surface area contributed by atoms with Gasteiger partial charge in [-0.05, 0) is 24.3 Å². The van der Waals surface area contributed by atoms with Gasteiger partial charge >= 0.3 is 0 Å². The average molecular weight is 184 g/mol. The van der Waals surface area contributed by atoms with Crippen molar-refractivity contribution in [2.75, 3.05) is 0 Å². The number of hydrogen-bond acceptors (Lipinski definition) is 1. The molecular formula is C11H8N2O. The van der Waals surface area contributed by atoms with Crippen molar-refractivity contribution in [3.05, 3.63) is 52.9 Å². The minimum atomic E-state index is 0.0272. The van der Waals surface area contributed by atoms with Gasteiger partial charge in [-0.2, -0.15) is 0 Å². The maximum atomic E-state index is 11.9. The van der Waals surface area contributed by atoms with Crippen molar-refractivity contribution in [2.24, 2.45) is 0 Å². The highest BCUT2D eigenvalue weighted by molar-refractivity contribution is 5.79. The van der Waals surface area contributed by atoms with E-state index < -0.39 is 0 Å². The molecule has 0 saturated carbocycles. The van der Waals surface area contributed by atoms with E-state index in [2.05, 4.69) is 4.98 Å². The fraction of sp³-hybridized carbons (Fsp3) is 0. The standard InChI is InChI=1S/C11H8N2O/c14-11-8-4-1-2-5-9(8)12-10-6-3-7-13(10)11/h1-7,12H. The van der Waals surface area contributed by atoms with Gasteiger partial charge in [0.1, 0.15) is 5.65 Å². The lowest BCUT2D eigenvalue weighted by molar-refractivity contribution is 1.11. The molecule has 68 valence electrons. The molecule has 0 aliphatic rings. The van der Waals surface area contributed by atoms with Crippen LogP contribution in [0.1, 0.15) is 0 Å². The van der Waals surface area contributed by atoms with Gasteiger partial charge in [-0.1, -0.05) is 12.1 Å². The number of fused-ring (bicyclic) bond motifs is 2. The first-order chi connectivity index (χ1) is 6.86. The van der Waals surface area contributed by atoms with Crippen LogP contribution in [0.5, 0.6) is 0 Å². The lowest BCUT2D eigenvalue weighted by Crippen LogP contribution is -2.12. The number of rotatable bonds is 0. The summed E-state index contributed by atoms with van der Waals surface area (Å²) in [6.07, 6.45) is 1.76. The van der Waals surface area contributed by atoms with E-state index in [0.29, 0.717) is 0 Å². The number of H-pyrrole nitrogens is 1. The number of nitrogens with zero attached hydrogens (tertiary/aromatic N) is 1. The quantitative estimate of drug-likeness (QED) is 0.568. The minimum absolute atomic E-state index is 0.0272. The van der Waals surface area contributed by atoms with Crippen LogP contribution in [-0.2, 0) is 0 Å². The second kappa shape index (κ2) is 2.48. The molecule has 0 spiro atoms. The van der Waals surface area contributed by atoms with Crippen molar-refractivity contribution in [1.82, 2.24) is 9.38 Å². The van der Waals surface area contributed by atoms with Gasteiger partial charge in [0.15, 0.2) is 0 Å². The normalized spacial score (nSPS) is 11.1. The van der Waals surface area contributed by atoms with Gasteiger partial charge in [0, 0.05) is 6.20 Å². The van der Waals surface area contributed by atoms with Gasteiger partial charge in [0.25, 0.3) is 5.56 Å². The molecule has 0 bridgehead atoms. The first-order valence-electron chi connectivity index (χ1n) is 4.44. The molecule has 0 fully saturated rings. The fourth-order valence-electron chi connectivity index (χ4n) is 1.71. The second-order valence-corrected chi connectivity index (χ2v) is 3.24. The Kier molecular flexibility index (Phi) is 1.31.